The van der Waals surface area contributed by atoms with Crippen molar-refractivity contribution >= 4 is 22.1 Å². The SMILES string of the molecule is CCOC(=O)C=Cc1ccc(CCNS(=O)(=O)CCc2ccccc2)cc1. The number of nitrogens with one attached hydrogen (secondary N) is 1. The summed E-state index contributed by atoms with van der Waals surface area (Å²) >= 11 is 0. The second-order valence-electron chi connectivity index (χ2n) is 6.03. The normalized spacial score (nSPS) is 11.6. The van der Waals surface area contributed by atoms with Gasteiger partial charge in [0.2, 0.25) is 10.0 Å². The van der Waals surface area contributed by atoms with Crippen LogP contribution in [0.5, 0.6) is 0 Å². The Morgan fingerprint density at radius 2 is 1.67 bits per heavy atom. The third kappa shape index (κ3) is 8.19. The van der Waals surface area contributed by atoms with Gasteiger partial charge in [0.25, 0.3) is 0 Å². The van der Waals surface area contributed by atoms with Gasteiger partial charge in [0.05, 0.1) is 12.4 Å². The molecule has 0 fully saturated rings. The molecule has 0 atom stereocenters. The van der Waals surface area contributed by atoms with E-state index in [2.05, 4.69) is 4.72 Å². The standard InChI is InChI=1S/C21H25NO4S/c1-2-26-21(23)13-12-19-8-10-20(11-9-19)14-16-22-27(24,25)17-15-18-6-4-3-5-7-18/h3-13,22H,2,14-17H2,1H3. The van der Waals surface area contributed by atoms with Crippen LogP contribution >= 0.6 is 0 Å². The Labute approximate surface area is 161 Å². The molecule has 0 aliphatic carbocycles. The number of ether oxygens (including phenoxy) is 1. The average molecular weight is 388 g/mol. The molecule has 0 spiro atoms. The molecule has 0 aliphatic heterocycles. The van der Waals surface area contributed by atoms with Crippen molar-refractivity contribution in [3.63, 3.8) is 0 Å². The maximum absolute atomic E-state index is 12.1. The van der Waals surface area contributed by atoms with E-state index in [-0.39, 0.29) is 11.7 Å². The maximum atomic E-state index is 12.1. The molecular formula is C21H25NO4S. The van der Waals surface area contributed by atoms with Gasteiger partial charge in [0.1, 0.15) is 0 Å². The van der Waals surface area contributed by atoms with Gasteiger partial charge in [0, 0.05) is 12.6 Å². The lowest BCUT2D eigenvalue weighted by Crippen LogP contribution is -2.29. The molecule has 0 saturated carbocycles. The number of carbonyl (C=O) groups excluding carboxylic acids is 1. The molecule has 0 radical (unpaired) electrons. The quantitative estimate of drug-likeness (QED) is 0.502. The summed E-state index contributed by atoms with van der Waals surface area (Å²) in [6.07, 6.45) is 4.18. The van der Waals surface area contributed by atoms with Crippen LogP contribution in [-0.2, 0) is 32.4 Å². The Hall–Kier alpha value is -2.44. The van der Waals surface area contributed by atoms with Crippen molar-refractivity contribution in [2.24, 2.45) is 0 Å². The van der Waals surface area contributed by atoms with E-state index in [0.29, 0.717) is 26.0 Å². The molecule has 0 aliphatic rings. The fourth-order valence-electron chi connectivity index (χ4n) is 2.47. The van der Waals surface area contributed by atoms with Gasteiger partial charge in [0.15, 0.2) is 0 Å². The second-order valence-corrected chi connectivity index (χ2v) is 7.95. The molecular weight excluding hydrogens is 362 g/mol. The molecule has 27 heavy (non-hydrogen) atoms. The summed E-state index contributed by atoms with van der Waals surface area (Å²) < 4.78 is 31.6. The zero-order valence-electron chi connectivity index (χ0n) is 15.4. The molecule has 0 bridgehead atoms. The fourth-order valence-corrected chi connectivity index (χ4v) is 3.53. The van der Waals surface area contributed by atoms with E-state index in [1.54, 1.807) is 13.0 Å². The number of sulfonamides is 1. The van der Waals surface area contributed by atoms with Gasteiger partial charge in [-0.05, 0) is 42.5 Å². The van der Waals surface area contributed by atoms with Crippen LogP contribution in [0.2, 0.25) is 0 Å². The van der Waals surface area contributed by atoms with Crippen molar-refractivity contribution in [3.05, 3.63) is 77.4 Å². The van der Waals surface area contributed by atoms with Gasteiger partial charge in [-0.25, -0.2) is 17.9 Å². The molecule has 2 aromatic rings. The maximum Gasteiger partial charge on any atom is 0.330 e. The Bertz CT molecular complexity index is 844. The number of hydrogen-bond acceptors (Lipinski definition) is 4. The molecule has 0 aromatic heterocycles. The van der Waals surface area contributed by atoms with Crippen LogP contribution in [0, 0.1) is 0 Å². The summed E-state index contributed by atoms with van der Waals surface area (Å²) in [6.45, 7) is 2.47. The molecule has 5 nitrogen and oxygen atoms in total. The lowest BCUT2D eigenvalue weighted by molar-refractivity contribution is -0.137. The highest BCUT2D eigenvalue weighted by molar-refractivity contribution is 7.89. The van der Waals surface area contributed by atoms with Crippen LogP contribution in [-0.4, -0.2) is 33.3 Å². The fraction of sp³-hybridized carbons (Fsp3) is 0.286. The minimum absolute atomic E-state index is 0.0780. The van der Waals surface area contributed by atoms with Crippen LogP contribution < -0.4 is 4.72 Å². The van der Waals surface area contributed by atoms with E-state index in [0.717, 1.165) is 16.7 Å². The van der Waals surface area contributed by atoms with Crippen molar-refractivity contribution in [3.8, 4) is 0 Å². The first-order valence-corrected chi connectivity index (χ1v) is 10.6. The number of aryl methyl sites for hydroxylation is 1. The van der Waals surface area contributed by atoms with Crippen LogP contribution in [0.1, 0.15) is 23.6 Å². The highest BCUT2D eigenvalue weighted by Gasteiger charge is 2.09. The summed E-state index contributed by atoms with van der Waals surface area (Å²) in [5.41, 5.74) is 2.92. The van der Waals surface area contributed by atoms with Crippen LogP contribution in [0.4, 0.5) is 0 Å². The molecule has 2 rings (SSSR count). The average Bonchev–Trinajstić information content (AvgIpc) is 2.67. The summed E-state index contributed by atoms with van der Waals surface area (Å²) in [6, 6.07) is 17.2. The molecule has 6 heteroatoms. The van der Waals surface area contributed by atoms with E-state index < -0.39 is 10.0 Å². The third-order valence-corrected chi connectivity index (χ3v) is 5.30. The summed E-state index contributed by atoms with van der Waals surface area (Å²) in [4.78, 5) is 11.3. The molecule has 0 saturated heterocycles. The number of carbonyl (C=O) groups is 1. The van der Waals surface area contributed by atoms with Gasteiger partial charge in [-0.3, -0.25) is 0 Å². The van der Waals surface area contributed by atoms with Crippen molar-refractivity contribution in [1.29, 1.82) is 0 Å². The predicted molar refractivity (Wildman–Crippen MR) is 108 cm³/mol. The van der Waals surface area contributed by atoms with Gasteiger partial charge < -0.3 is 4.74 Å². The minimum atomic E-state index is -3.29. The first-order chi connectivity index (χ1) is 13.0. The topological polar surface area (TPSA) is 72.5 Å². The molecule has 144 valence electrons. The molecule has 1 N–H and O–H groups in total. The Kier molecular flexibility index (Phi) is 8.23. The largest absolute Gasteiger partial charge is 0.463 e. The van der Waals surface area contributed by atoms with Crippen molar-refractivity contribution < 1.29 is 17.9 Å². The van der Waals surface area contributed by atoms with E-state index >= 15 is 0 Å². The van der Waals surface area contributed by atoms with Gasteiger partial charge in [-0.2, -0.15) is 0 Å². The Balaban J connectivity index is 1.76. The smallest absolute Gasteiger partial charge is 0.330 e. The highest BCUT2D eigenvalue weighted by Crippen LogP contribution is 2.07. The number of esters is 1. The van der Waals surface area contributed by atoms with E-state index in [4.69, 9.17) is 4.74 Å². The van der Waals surface area contributed by atoms with E-state index in [9.17, 15) is 13.2 Å². The molecule has 2 aromatic carbocycles. The summed E-state index contributed by atoms with van der Waals surface area (Å²) in [5.74, 6) is -0.291. The van der Waals surface area contributed by atoms with Gasteiger partial charge in [-0.15, -0.1) is 0 Å². The minimum Gasteiger partial charge on any atom is -0.463 e. The van der Waals surface area contributed by atoms with Crippen molar-refractivity contribution in [2.45, 2.75) is 19.8 Å². The molecule has 0 heterocycles. The van der Waals surface area contributed by atoms with Crippen molar-refractivity contribution in [2.75, 3.05) is 18.9 Å². The van der Waals surface area contributed by atoms with Crippen LogP contribution in [0.15, 0.2) is 60.7 Å². The van der Waals surface area contributed by atoms with Gasteiger partial charge in [-0.1, -0.05) is 54.6 Å². The summed E-state index contributed by atoms with van der Waals surface area (Å²) in [7, 11) is -3.29. The summed E-state index contributed by atoms with van der Waals surface area (Å²) in [5, 5.41) is 0. The van der Waals surface area contributed by atoms with E-state index in [1.165, 1.54) is 6.08 Å². The second kappa shape index (κ2) is 10.6. The Morgan fingerprint density at radius 3 is 2.33 bits per heavy atom. The first-order valence-electron chi connectivity index (χ1n) is 8.93. The molecule has 0 amide bonds. The molecule has 0 unspecified atom stereocenters. The first kappa shape index (κ1) is 20.9. The number of benzene rings is 2. The zero-order valence-corrected chi connectivity index (χ0v) is 16.2. The van der Waals surface area contributed by atoms with Crippen molar-refractivity contribution in [1.82, 2.24) is 4.72 Å². The van der Waals surface area contributed by atoms with Crippen LogP contribution in [0.25, 0.3) is 6.08 Å². The highest BCUT2D eigenvalue weighted by atomic mass is 32.2. The third-order valence-electron chi connectivity index (χ3n) is 3.92. The predicted octanol–water partition coefficient (Wildman–Crippen LogP) is 2.97. The van der Waals surface area contributed by atoms with E-state index in [1.807, 2.05) is 54.6 Å². The lowest BCUT2D eigenvalue weighted by Gasteiger charge is -2.07. The monoisotopic (exact) mass is 387 g/mol. The number of hydrogen-bond donors (Lipinski definition) is 1. The lowest BCUT2D eigenvalue weighted by atomic mass is 10.1. The van der Waals surface area contributed by atoms with Gasteiger partial charge >= 0.3 is 5.97 Å². The van der Waals surface area contributed by atoms with Crippen LogP contribution in [0.3, 0.4) is 0 Å². The Morgan fingerprint density at radius 1 is 1.00 bits per heavy atom. The zero-order chi connectivity index (χ0) is 19.5. The number of rotatable bonds is 10.